The van der Waals surface area contributed by atoms with Crippen LogP contribution in [-0.2, 0) is 19.2 Å². The van der Waals surface area contributed by atoms with E-state index in [4.69, 9.17) is 15.6 Å². The van der Waals surface area contributed by atoms with Crippen molar-refractivity contribution in [2.24, 2.45) is 5.16 Å². The molecule has 0 aliphatic heterocycles. The van der Waals surface area contributed by atoms with Crippen LogP contribution in [0.15, 0.2) is 10.5 Å². The Morgan fingerprint density at radius 2 is 2.33 bits per heavy atom. The zero-order valence-electron chi connectivity index (χ0n) is 9.45. The number of carbonyl (C=O) groups excluding carboxylic acids is 1. The Hall–Kier alpha value is -2.16. The number of aliphatic carboxylic acids is 1. The van der Waals surface area contributed by atoms with Crippen molar-refractivity contribution in [3.05, 3.63) is 11.1 Å². The van der Waals surface area contributed by atoms with Crippen molar-refractivity contribution >= 4 is 34.1 Å². The van der Waals surface area contributed by atoms with E-state index in [1.807, 2.05) is 0 Å². The van der Waals surface area contributed by atoms with Crippen LogP contribution >= 0.6 is 11.3 Å². The first-order valence-electron chi connectivity index (χ1n) is 4.84. The van der Waals surface area contributed by atoms with Gasteiger partial charge in [0, 0.05) is 5.38 Å². The van der Waals surface area contributed by atoms with Crippen LogP contribution in [0.2, 0.25) is 0 Å². The highest BCUT2D eigenvalue weighted by Crippen LogP contribution is 2.13. The fourth-order valence-corrected chi connectivity index (χ4v) is 1.48. The molecule has 0 fully saturated rings. The summed E-state index contributed by atoms with van der Waals surface area (Å²) in [5.41, 5.74) is 5.40. The molecule has 0 saturated heterocycles. The van der Waals surface area contributed by atoms with E-state index in [1.165, 1.54) is 5.38 Å². The van der Waals surface area contributed by atoms with E-state index in [1.54, 1.807) is 6.92 Å². The van der Waals surface area contributed by atoms with Crippen LogP contribution in [0.25, 0.3) is 0 Å². The van der Waals surface area contributed by atoms with E-state index < -0.39 is 18.5 Å². The number of oxime groups is 1. The molecular formula is C9H11N3O5S. The number of esters is 1. The first-order chi connectivity index (χ1) is 8.54. The summed E-state index contributed by atoms with van der Waals surface area (Å²) in [7, 11) is 0. The van der Waals surface area contributed by atoms with Gasteiger partial charge < -0.3 is 20.4 Å². The maximum atomic E-state index is 11.6. The van der Waals surface area contributed by atoms with Crippen molar-refractivity contribution in [1.82, 2.24) is 4.98 Å². The second kappa shape index (κ2) is 6.55. The molecule has 1 rings (SSSR count). The number of carbonyl (C=O) groups is 2. The van der Waals surface area contributed by atoms with Gasteiger partial charge in [0.25, 0.3) is 0 Å². The second-order valence-electron chi connectivity index (χ2n) is 2.90. The molecule has 0 atom stereocenters. The number of hydrogen-bond acceptors (Lipinski definition) is 8. The third-order valence-corrected chi connectivity index (χ3v) is 2.25. The summed E-state index contributed by atoms with van der Waals surface area (Å²) in [6, 6.07) is 0. The van der Waals surface area contributed by atoms with Gasteiger partial charge in [0.15, 0.2) is 5.13 Å². The molecule has 1 heterocycles. The normalized spacial score (nSPS) is 11.1. The lowest BCUT2D eigenvalue weighted by molar-refractivity contribution is -0.142. The lowest BCUT2D eigenvalue weighted by atomic mass is 10.3. The van der Waals surface area contributed by atoms with Gasteiger partial charge in [-0.3, -0.25) is 0 Å². The van der Waals surface area contributed by atoms with Crippen molar-refractivity contribution in [2.45, 2.75) is 6.92 Å². The zero-order valence-corrected chi connectivity index (χ0v) is 10.3. The SMILES string of the molecule is CCOC(=O)/C(=N/OCC(=O)O)c1csc(N)n1. The Labute approximate surface area is 106 Å². The van der Waals surface area contributed by atoms with Crippen LogP contribution in [0, 0.1) is 0 Å². The van der Waals surface area contributed by atoms with E-state index in [0.717, 1.165) is 11.3 Å². The maximum absolute atomic E-state index is 11.6. The number of thiazole rings is 1. The molecule has 0 unspecified atom stereocenters. The molecule has 0 spiro atoms. The lowest BCUT2D eigenvalue weighted by Crippen LogP contribution is -2.20. The first kappa shape index (κ1) is 13.9. The summed E-state index contributed by atoms with van der Waals surface area (Å²) in [6.07, 6.45) is 0. The molecule has 1 aromatic rings. The number of hydrogen-bond donors (Lipinski definition) is 2. The predicted octanol–water partition coefficient (Wildman–Crippen LogP) is 0.0937. The Morgan fingerprint density at radius 1 is 1.61 bits per heavy atom. The average Bonchev–Trinajstić information content (AvgIpc) is 2.71. The van der Waals surface area contributed by atoms with Gasteiger partial charge in [-0.1, -0.05) is 5.16 Å². The molecule has 1 aromatic heterocycles. The van der Waals surface area contributed by atoms with Crippen LogP contribution in [-0.4, -0.2) is 41.0 Å². The largest absolute Gasteiger partial charge is 0.479 e. The first-order valence-corrected chi connectivity index (χ1v) is 5.72. The minimum Gasteiger partial charge on any atom is -0.479 e. The van der Waals surface area contributed by atoms with E-state index in [-0.39, 0.29) is 23.1 Å². The van der Waals surface area contributed by atoms with Gasteiger partial charge in [-0.25, -0.2) is 14.6 Å². The van der Waals surface area contributed by atoms with Gasteiger partial charge in [-0.15, -0.1) is 11.3 Å². The zero-order chi connectivity index (χ0) is 13.5. The molecule has 9 heteroatoms. The van der Waals surface area contributed by atoms with E-state index >= 15 is 0 Å². The van der Waals surface area contributed by atoms with Gasteiger partial charge in [0.1, 0.15) is 5.69 Å². The highest BCUT2D eigenvalue weighted by molar-refractivity contribution is 7.13. The number of anilines is 1. The molecular weight excluding hydrogens is 262 g/mol. The number of nitrogens with two attached hydrogens (primary N) is 1. The monoisotopic (exact) mass is 273 g/mol. The number of carboxylic acid groups (broad SMARTS) is 1. The van der Waals surface area contributed by atoms with E-state index in [0.29, 0.717) is 0 Å². The van der Waals surface area contributed by atoms with Gasteiger partial charge in [-0.2, -0.15) is 0 Å². The molecule has 0 bridgehead atoms. The van der Waals surface area contributed by atoms with Crippen LogP contribution in [0.3, 0.4) is 0 Å². The second-order valence-corrected chi connectivity index (χ2v) is 3.79. The van der Waals surface area contributed by atoms with Crippen LogP contribution in [0.4, 0.5) is 5.13 Å². The number of aromatic nitrogens is 1. The highest BCUT2D eigenvalue weighted by Gasteiger charge is 2.19. The third kappa shape index (κ3) is 4.01. The predicted molar refractivity (Wildman–Crippen MR) is 63.3 cm³/mol. The fourth-order valence-electron chi connectivity index (χ4n) is 0.936. The summed E-state index contributed by atoms with van der Waals surface area (Å²) in [5, 5.41) is 13.6. The standard InChI is InChI=1S/C9H11N3O5S/c1-2-16-8(15)7(12-17-3-6(13)14)5-4-18-9(10)11-5/h4H,2-3H2,1H3,(H2,10,11)(H,13,14)/b12-7+. The van der Waals surface area contributed by atoms with Gasteiger partial charge in [-0.05, 0) is 6.92 Å². The van der Waals surface area contributed by atoms with Crippen molar-refractivity contribution < 1.29 is 24.3 Å². The van der Waals surface area contributed by atoms with Crippen molar-refractivity contribution in [2.75, 3.05) is 18.9 Å². The molecule has 0 aliphatic rings. The molecule has 18 heavy (non-hydrogen) atoms. The van der Waals surface area contributed by atoms with Crippen molar-refractivity contribution in [1.29, 1.82) is 0 Å². The highest BCUT2D eigenvalue weighted by atomic mass is 32.1. The molecule has 0 aliphatic carbocycles. The van der Waals surface area contributed by atoms with E-state index in [9.17, 15) is 9.59 Å². The van der Waals surface area contributed by atoms with Gasteiger partial charge in [0.05, 0.1) is 6.61 Å². The minimum atomic E-state index is -1.21. The number of ether oxygens (including phenoxy) is 1. The average molecular weight is 273 g/mol. The molecule has 0 saturated carbocycles. The van der Waals surface area contributed by atoms with Crippen LogP contribution < -0.4 is 5.73 Å². The maximum Gasteiger partial charge on any atom is 0.362 e. The number of carboxylic acids is 1. The quantitative estimate of drug-likeness (QED) is 0.427. The Bertz CT molecular complexity index is 471. The van der Waals surface area contributed by atoms with Gasteiger partial charge >= 0.3 is 11.9 Å². The molecule has 0 amide bonds. The number of nitrogens with zero attached hydrogens (tertiary/aromatic N) is 2. The lowest BCUT2D eigenvalue weighted by Gasteiger charge is -2.02. The molecule has 3 N–H and O–H groups in total. The topological polar surface area (TPSA) is 124 Å². The summed E-state index contributed by atoms with van der Waals surface area (Å²) >= 11 is 1.11. The Morgan fingerprint density at radius 3 is 2.83 bits per heavy atom. The molecule has 0 radical (unpaired) electrons. The summed E-state index contributed by atoms with van der Waals surface area (Å²) in [4.78, 5) is 30.2. The Kier molecular flexibility index (Phi) is 5.06. The fraction of sp³-hybridized carbons (Fsp3) is 0.333. The van der Waals surface area contributed by atoms with E-state index in [2.05, 4.69) is 15.0 Å². The summed E-state index contributed by atoms with van der Waals surface area (Å²) in [5.74, 6) is -1.96. The number of rotatable bonds is 6. The van der Waals surface area contributed by atoms with Crippen molar-refractivity contribution in [3.63, 3.8) is 0 Å². The Balaban J connectivity index is 2.87. The molecule has 0 aromatic carbocycles. The minimum absolute atomic E-state index is 0.149. The molecule has 98 valence electrons. The summed E-state index contributed by atoms with van der Waals surface area (Å²) in [6.45, 7) is 1.11. The third-order valence-electron chi connectivity index (χ3n) is 1.58. The van der Waals surface area contributed by atoms with Gasteiger partial charge in [0.2, 0.25) is 12.3 Å². The van der Waals surface area contributed by atoms with Crippen LogP contribution in [0.1, 0.15) is 12.6 Å². The van der Waals surface area contributed by atoms with Crippen molar-refractivity contribution in [3.8, 4) is 0 Å². The van der Waals surface area contributed by atoms with Crippen LogP contribution in [0.5, 0.6) is 0 Å². The smallest absolute Gasteiger partial charge is 0.362 e. The molecule has 8 nitrogen and oxygen atoms in total. The summed E-state index contributed by atoms with van der Waals surface area (Å²) < 4.78 is 4.75. The number of nitrogen functional groups attached to an aromatic ring is 1.